The van der Waals surface area contributed by atoms with Crippen LogP contribution in [0.1, 0.15) is 30.9 Å². The number of nitrogens with one attached hydrogen (secondary N) is 1. The van der Waals surface area contributed by atoms with Crippen LogP contribution in [-0.4, -0.2) is 4.98 Å². The van der Waals surface area contributed by atoms with E-state index in [1.807, 2.05) is 12.3 Å². The summed E-state index contributed by atoms with van der Waals surface area (Å²) in [6, 6.07) is 11.0. The molecule has 2 aromatic rings. The Morgan fingerprint density at radius 2 is 1.95 bits per heavy atom. The average molecular weight is 279 g/mol. The van der Waals surface area contributed by atoms with Gasteiger partial charge in [0.15, 0.2) is 0 Å². The van der Waals surface area contributed by atoms with Crippen molar-refractivity contribution in [2.75, 3.05) is 0 Å². The quantitative estimate of drug-likeness (QED) is 0.670. The van der Waals surface area contributed by atoms with Crippen LogP contribution in [0.5, 0.6) is 0 Å². The van der Waals surface area contributed by atoms with Crippen molar-refractivity contribution in [1.82, 2.24) is 10.4 Å². The van der Waals surface area contributed by atoms with E-state index in [9.17, 15) is 0 Å². The number of nitrogens with two attached hydrogens (primary N) is 1. The maximum atomic E-state index is 5.94. The predicted octanol–water partition coefficient (Wildman–Crippen LogP) is 3.03. The van der Waals surface area contributed by atoms with E-state index in [0.29, 0.717) is 6.04 Å². The molecule has 2 bridgehead atoms. The number of rotatable bonds is 3. The lowest BCUT2D eigenvalue weighted by molar-refractivity contribution is 0.374. The zero-order chi connectivity index (χ0) is 14.0. The SMILES string of the molecule is NNC(c1ccc2ncccc2c1)C1C2C3CCC(C3)C21. The third-order valence-corrected chi connectivity index (χ3v) is 6.35. The van der Waals surface area contributed by atoms with Gasteiger partial charge < -0.3 is 0 Å². The fourth-order valence-corrected chi connectivity index (χ4v) is 5.56. The summed E-state index contributed by atoms with van der Waals surface area (Å²) in [5.41, 5.74) is 5.52. The van der Waals surface area contributed by atoms with Crippen molar-refractivity contribution in [2.24, 2.45) is 35.4 Å². The molecule has 5 atom stereocenters. The van der Waals surface area contributed by atoms with E-state index >= 15 is 0 Å². The number of hydrazine groups is 1. The molecule has 0 saturated heterocycles. The highest BCUT2D eigenvalue weighted by atomic mass is 15.2. The van der Waals surface area contributed by atoms with Gasteiger partial charge in [-0.2, -0.15) is 0 Å². The Bertz CT molecular complexity index is 682. The van der Waals surface area contributed by atoms with Gasteiger partial charge in [-0.05, 0) is 72.6 Å². The maximum Gasteiger partial charge on any atom is 0.0702 e. The Morgan fingerprint density at radius 1 is 1.14 bits per heavy atom. The highest BCUT2D eigenvalue weighted by Gasteiger charge is 2.66. The average Bonchev–Trinajstić information content (AvgIpc) is 2.94. The van der Waals surface area contributed by atoms with E-state index in [1.165, 1.54) is 30.2 Å². The third kappa shape index (κ3) is 1.65. The standard InChI is InChI=1S/C18H21N3/c19-21-18(17-15-11-3-4-12(9-11)16(15)17)13-5-6-14-10(8-13)2-1-7-20-14/h1-2,5-8,11-12,15-18,21H,3-4,9,19H2. The zero-order valence-electron chi connectivity index (χ0n) is 12.1. The van der Waals surface area contributed by atoms with Gasteiger partial charge in [0.1, 0.15) is 0 Å². The molecule has 5 rings (SSSR count). The van der Waals surface area contributed by atoms with Crippen LogP contribution in [0, 0.1) is 29.6 Å². The first kappa shape index (κ1) is 12.1. The van der Waals surface area contributed by atoms with Crippen LogP contribution in [-0.2, 0) is 0 Å². The molecule has 0 radical (unpaired) electrons. The third-order valence-electron chi connectivity index (χ3n) is 6.35. The van der Waals surface area contributed by atoms with Crippen LogP contribution >= 0.6 is 0 Å². The largest absolute Gasteiger partial charge is 0.271 e. The molecule has 108 valence electrons. The molecule has 1 heterocycles. The van der Waals surface area contributed by atoms with E-state index in [2.05, 4.69) is 34.7 Å². The first-order chi connectivity index (χ1) is 10.4. The van der Waals surface area contributed by atoms with Crippen molar-refractivity contribution >= 4 is 10.9 Å². The summed E-state index contributed by atoms with van der Waals surface area (Å²) < 4.78 is 0. The maximum absolute atomic E-state index is 5.94. The summed E-state index contributed by atoms with van der Waals surface area (Å²) in [6.07, 6.45) is 6.26. The molecule has 0 spiro atoms. The second-order valence-electron chi connectivity index (χ2n) is 7.17. The van der Waals surface area contributed by atoms with Gasteiger partial charge in [0.2, 0.25) is 0 Å². The Kier molecular flexibility index (Phi) is 2.47. The molecule has 0 amide bonds. The Morgan fingerprint density at radius 3 is 2.71 bits per heavy atom. The number of hydrogen-bond donors (Lipinski definition) is 2. The summed E-state index contributed by atoms with van der Waals surface area (Å²) in [6.45, 7) is 0. The van der Waals surface area contributed by atoms with Gasteiger partial charge in [0, 0.05) is 17.6 Å². The van der Waals surface area contributed by atoms with E-state index in [0.717, 1.165) is 35.1 Å². The highest BCUT2D eigenvalue weighted by Crippen LogP contribution is 2.72. The second kappa shape index (κ2) is 4.28. The molecular weight excluding hydrogens is 258 g/mol. The van der Waals surface area contributed by atoms with Gasteiger partial charge >= 0.3 is 0 Å². The van der Waals surface area contributed by atoms with Crippen molar-refractivity contribution < 1.29 is 0 Å². The summed E-state index contributed by atoms with van der Waals surface area (Å²) >= 11 is 0. The number of pyridine rings is 1. The van der Waals surface area contributed by atoms with E-state index in [4.69, 9.17) is 5.84 Å². The number of hydrogen-bond acceptors (Lipinski definition) is 3. The van der Waals surface area contributed by atoms with Crippen molar-refractivity contribution in [3.8, 4) is 0 Å². The Balaban J connectivity index is 1.49. The van der Waals surface area contributed by atoms with Crippen LogP contribution in [0.2, 0.25) is 0 Å². The molecule has 3 heteroatoms. The lowest BCUT2D eigenvalue weighted by Gasteiger charge is -2.20. The molecule has 1 aromatic carbocycles. The highest BCUT2D eigenvalue weighted by molar-refractivity contribution is 5.79. The number of fused-ring (bicyclic) bond motifs is 6. The van der Waals surface area contributed by atoms with E-state index < -0.39 is 0 Å². The molecule has 5 unspecified atom stereocenters. The topological polar surface area (TPSA) is 50.9 Å². The Labute approximate surface area is 124 Å². The molecule has 3 fully saturated rings. The lowest BCUT2D eigenvalue weighted by Crippen LogP contribution is -2.31. The van der Waals surface area contributed by atoms with Crippen molar-refractivity contribution in [3.05, 3.63) is 42.1 Å². The van der Waals surface area contributed by atoms with Gasteiger partial charge in [0.05, 0.1) is 5.52 Å². The minimum atomic E-state index is 0.313. The van der Waals surface area contributed by atoms with Crippen molar-refractivity contribution in [1.29, 1.82) is 0 Å². The first-order valence-electron chi connectivity index (χ1n) is 8.17. The fraction of sp³-hybridized carbons (Fsp3) is 0.500. The lowest BCUT2D eigenvalue weighted by atomic mass is 9.92. The summed E-state index contributed by atoms with van der Waals surface area (Å²) in [7, 11) is 0. The normalized spacial score (nSPS) is 37.7. The van der Waals surface area contributed by atoms with Crippen LogP contribution in [0.3, 0.4) is 0 Å². The molecule has 3 nitrogen and oxygen atoms in total. The fourth-order valence-electron chi connectivity index (χ4n) is 5.56. The predicted molar refractivity (Wildman–Crippen MR) is 83.1 cm³/mol. The van der Waals surface area contributed by atoms with Gasteiger partial charge in [-0.15, -0.1) is 0 Å². The van der Waals surface area contributed by atoms with E-state index in [1.54, 1.807) is 0 Å². The van der Waals surface area contributed by atoms with Gasteiger partial charge in [-0.25, -0.2) is 0 Å². The summed E-state index contributed by atoms with van der Waals surface area (Å²) in [5.74, 6) is 10.6. The summed E-state index contributed by atoms with van der Waals surface area (Å²) in [5, 5.41) is 1.21. The van der Waals surface area contributed by atoms with Crippen molar-refractivity contribution in [2.45, 2.75) is 25.3 Å². The van der Waals surface area contributed by atoms with E-state index in [-0.39, 0.29) is 0 Å². The van der Waals surface area contributed by atoms with Crippen LogP contribution in [0.4, 0.5) is 0 Å². The first-order valence-corrected chi connectivity index (χ1v) is 8.17. The molecule has 1 aromatic heterocycles. The molecule has 3 aliphatic carbocycles. The number of nitrogens with zero attached hydrogens (tertiary/aromatic N) is 1. The second-order valence-corrected chi connectivity index (χ2v) is 7.17. The molecule has 0 aliphatic heterocycles. The van der Waals surface area contributed by atoms with Crippen molar-refractivity contribution in [3.63, 3.8) is 0 Å². The zero-order valence-corrected chi connectivity index (χ0v) is 12.1. The molecule has 3 N–H and O–H groups in total. The molecule has 21 heavy (non-hydrogen) atoms. The number of benzene rings is 1. The smallest absolute Gasteiger partial charge is 0.0702 e. The number of aromatic nitrogens is 1. The van der Waals surface area contributed by atoms with Gasteiger partial charge in [-0.3, -0.25) is 16.3 Å². The minimum Gasteiger partial charge on any atom is -0.271 e. The Hall–Kier alpha value is -1.45. The van der Waals surface area contributed by atoms with Gasteiger partial charge in [0.25, 0.3) is 0 Å². The minimum absolute atomic E-state index is 0.313. The van der Waals surface area contributed by atoms with Crippen LogP contribution in [0.15, 0.2) is 36.5 Å². The summed E-state index contributed by atoms with van der Waals surface area (Å²) in [4.78, 5) is 4.41. The van der Waals surface area contributed by atoms with Crippen LogP contribution < -0.4 is 11.3 Å². The molecule has 3 aliphatic rings. The van der Waals surface area contributed by atoms with Gasteiger partial charge in [-0.1, -0.05) is 12.1 Å². The van der Waals surface area contributed by atoms with Crippen LogP contribution in [0.25, 0.3) is 10.9 Å². The monoisotopic (exact) mass is 279 g/mol. The molecular formula is C18H21N3. The molecule has 3 saturated carbocycles.